The van der Waals surface area contributed by atoms with Crippen molar-refractivity contribution in [3.63, 3.8) is 0 Å². The van der Waals surface area contributed by atoms with Crippen molar-refractivity contribution in [3.8, 4) is 5.75 Å². The molecule has 0 bridgehead atoms. The number of nitrogens with two attached hydrogens (primary N) is 1. The van der Waals surface area contributed by atoms with Crippen LogP contribution < -0.4 is 10.5 Å². The summed E-state index contributed by atoms with van der Waals surface area (Å²) < 4.78 is 19.2. The smallest absolute Gasteiger partial charge is 0.142 e. The Morgan fingerprint density at radius 1 is 1.29 bits per heavy atom. The van der Waals surface area contributed by atoms with E-state index in [0.29, 0.717) is 12.4 Å². The quantitative estimate of drug-likeness (QED) is 0.885. The van der Waals surface area contributed by atoms with Crippen LogP contribution in [0.2, 0.25) is 0 Å². The molecule has 0 saturated heterocycles. The van der Waals surface area contributed by atoms with Crippen LogP contribution >= 0.6 is 15.9 Å². The minimum Gasteiger partial charge on any atom is -0.487 e. The predicted molar refractivity (Wildman–Crippen MR) is 67.1 cm³/mol. The second kappa shape index (κ2) is 5.14. The molecule has 0 fully saturated rings. The van der Waals surface area contributed by atoms with Gasteiger partial charge in [-0.25, -0.2) is 4.39 Å². The molecule has 5 heteroatoms. The summed E-state index contributed by atoms with van der Waals surface area (Å²) in [5.74, 6) is 0.0883. The van der Waals surface area contributed by atoms with Crippen LogP contribution in [0.15, 0.2) is 41.1 Å². The normalized spacial score (nSPS) is 10.2. The fourth-order valence-corrected chi connectivity index (χ4v) is 1.76. The van der Waals surface area contributed by atoms with Gasteiger partial charge in [0.2, 0.25) is 0 Å². The van der Waals surface area contributed by atoms with Crippen molar-refractivity contribution in [3.05, 3.63) is 52.5 Å². The molecule has 0 radical (unpaired) electrons. The van der Waals surface area contributed by atoms with E-state index in [4.69, 9.17) is 10.5 Å². The van der Waals surface area contributed by atoms with Crippen LogP contribution in [0.5, 0.6) is 5.75 Å². The predicted octanol–water partition coefficient (Wildman–Crippen LogP) is 3.14. The van der Waals surface area contributed by atoms with Crippen LogP contribution in [0, 0.1) is 5.82 Å². The molecular weight excluding hydrogens is 287 g/mol. The van der Waals surface area contributed by atoms with Crippen LogP contribution in [-0.4, -0.2) is 4.98 Å². The molecule has 0 aliphatic carbocycles. The van der Waals surface area contributed by atoms with Gasteiger partial charge >= 0.3 is 0 Å². The minimum absolute atomic E-state index is 0.285. The van der Waals surface area contributed by atoms with E-state index in [2.05, 4.69) is 20.9 Å². The second-order valence-corrected chi connectivity index (χ2v) is 4.40. The van der Waals surface area contributed by atoms with Crippen LogP contribution in [0.25, 0.3) is 0 Å². The van der Waals surface area contributed by atoms with Crippen LogP contribution in [-0.2, 0) is 6.61 Å². The summed E-state index contributed by atoms with van der Waals surface area (Å²) in [7, 11) is 0. The number of pyridine rings is 1. The van der Waals surface area contributed by atoms with E-state index in [0.717, 1.165) is 10.0 Å². The first-order valence-corrected chi connectivity index (χ1v) is 5.72. The van der Waals surface area contributed by atoms with Gasteiger partial charge in [0, 0.05) is 28.5 Å². The molecule has 0 aliphatic heterocycles. The van der Waals surface area contributed by atoms with Crippen molar-refractivity contribution in [1.29, 1.82) is 0 Å². The standard InChI is InChI=1S/C12H10BrFN2O/c13-9-3-8(5-16-6-9)7-17-12-2-1-10(14)4-11(12)15/h1-6H,7,15H2. The molecule has 88 valence electrons. The first kappa shape index (κ1) is 11.9. The summed E-state index contributed by atoms with van der Waals surface area (Å²) in [6.45, 7) is 0.336. The summed E-state index contributed by atoms with van der Waals surface area (Å²) in [6.07, 6.45) is 3.39. The number of hydrogen-bond donors (Lipinski definition) is 1. The largest absolute Gasteiger partial charge is 0.487 e. The molecule has 1 heterocycles. The third-order valence-corrected chi connectivity index (χ3v) is 2.56. The minimum atomic E-state index is -0.376. The molecule has 0 amide bonds. The highest BCUT2D eigenvalue weighted by Gasteiger charge is 2.03. The van der Waals surface area contributed by atoms with E-state index < -0.39 is 0 Å². The topological polar surface area (TPSA) is 48.1 Å². The SMILES string of the molecule is Nc1cc(F)ccc1OCc1cncc(Br)c1. The Morgan fingerprint density at radius 3 is 2.82 bits per heavy atom. The molecule has 2 N–H and O–H groups in total. The van der Waals surface area contributed by atoms with Gasteiger partial charge in [0.25, 0.3) is 0 Å². The van der Waals surface area contributed by atoms with Gasteiger partial charge in [-0.15, -0.1) is 0 Å². The lowest BCUT2D eigenvalue weighted by Gasteiger charge is -2.08. The average Bonchev–Trinajstić information content (AvgIpc) is 2.28. The number of halogens is 2. The summed E-state index contributed by atoms with van der Waals surface area (Å²) in [5.41, 5.74) is 6.82. The van der Waals surface area contributed by atoms with Gasteiger partial charge in [-0.1, -0.05) is 0 Å². The molecule has 0 aliphatic rings. The molecule has 0 unspecified atom stereocenters. The highest BCUT2D eigenvalue weighted by molar-refractivity contribution is 9.10. The fourth-order valence-electron chi connectivity index (χ4n) is 1.35. The van der Waals surface area contributed by atoms with Crippen LogP contribution in [0.3, 0.4) is 0 Å². The molecule has 0 saturated carbocycles. The number of nitrogen functional groups attached to an aromatic ring is 1. The molecule has 1 aromatic heterocycles. The van der Waals surface area contributed by atoms with Gasteiger partial charge in [-0.3, -0.25) is 4.98 Å². The van der Waals surface area contributed by atoms with E-state index in [-0.39, 0.29) is 11.5 Å². The van der Waals surface area contributed by atoms with Gasteiger partial charge in [-0.2, -0.15) is 0 Å². The molecule has 0 atom stereocenters. The third kappa shape index (κ3) is 3.17. The second-order valence-electron chi connectivity index (χ2n) is 3.48. The summed E-state index contributed by atoms with van der Waals surface area (Å²) in [4.78, 5) is 4.01. The number of ether oxygens (including phenoxy) is 1. The molecule has 1 aromatic carbocycles. The van der Waals surface area contributed by atoms with Crippen molar-refractivity contribution in [2.24, 2.45) is 0 Å². The first-order valence-electron chi connectivity index (χ1n) is 4.92. The molecule has 3 nitrogen and oxygen atoms in total. The first-order chi connectivity index (χ1) is 8.15. The number of aromatic nitrogens is 1. The Labute approximate surface area is 107 Å². The lowest BCUT2D eigenvalue weighted by molar-refractivity contribution is 0.307. The number of hydrogen-bond acceptors (Lipinski definition) is 3. The van der Waals surface area contributed by atoms with E-state index in [1.54, 1.807) is 12.4 Å². The van der Waals surface area contributed by atoms with Gasteiger partial charge in [-0.05, 0) is 34.1 Å². The number of benzene rings is 1. The number of anilines is 1. The monoisotopic (exact) mass is 296 g/mol. The maximum Gasteiger partial charge on any atom is 0.142 e. The lowest BCUT2D eigenvalue weighted by Crippen LogP contribution is -1.99. The van der Waals surface area contributed by atoms with E-state index in [1.165, 1.54) is 18.2 Å². The highest BCUT2D eigenvalue weighted by Crippen LogP contribution is 2.23. The Kier molecular flexibility index (Phi) is 3.58. The molecule has 0 spiro atoms. The Hall–Kier alpha value is -1.62. The van der Waals surface area contributed by atoms with Gasteiger partial charge in [0.1, 0.15) is 18.2 Å². The summed E-state index contributed by atoms with van der Waals surface area (Å²) >= 11 is 3.32. The maximum absolute atomic E-state index is 12.8. The molecular formula is C12H10BrFN2O. The average molecular weight is 297 g/mol. The molecule has 17 heavy (non-hydrogen) atoms. The van der Waals surface area contributed by atoms with Crippen molar-refractivity contribution >= 4 is 21.6 Å². The molecule has 2 rings (SSSR count). The van der Waals surface area contributed by atoms with E-state index in [1.807, 2.05) is 6.07 Å². The fraction of sp³-hybridized carbons (Fsp3) is 0.0833. The Bertz CT molecular complexity index is 534. The Morgan fingerprint density at radius 2 is 2.12 bits per heavy atom. The van der Waals surface area contributed by atoms with Crippen molar-refractivity contribution in [1.82, 2.24) is 4.98 Å². The third-order valence-electron chi connectivity index (χ3n) is 2.13. The van der Waals surface area contributed by atoms with E-state index >= 15 is 0 Å². The zero-order valence-electron chi connectivity index (χ0n) is 8.86. The van der Waals surface area contributed by atoms with Gasteiger partial charge in [0.15, 0.2) is 0 Å². The molecule has 2 aromatic rings. The van der Waals surface area contributed by atoms with Gasteiger partial charge < -0.3 is 10.5 Å². The van der Waals surface area contributed by atoms with Crippen LogP contribution in [0.1, 0.15) is 5.56 Å². The van der Waals surface area contributed by atoms with Crippen molar-refractivity contribution in [2.45, 2.75) is 6.61 Å². The van der Waals surface area contributed by atoms with Crippen molar-refractivity contribution in [2.75, 3.05) is 5.73 Å². The summed E-state index contributed by atoms with van der Waals surface area (Å²) in [6, 6.07) is 5.95. The van der Waals surface area contributed by atoms with Crippen LogP contribution in [0.4, 0.5) is 10.1 Å². The number of rotatable bonds is 3. The summed E-state index contributed by atoms with van der Waals surface area (Å²) in [5, 5.41) is 0. The zero-order chi connectivity index (χ0) is 12.3. The number of nitrogens with zero attached hydrogens (tertiary/aromatic N) is 1. The Balaban J connectivity index is 2.07. The zero-order valence-corrected chi connectivity index (χ0v) is 10.4. The van der Waals surface area contributed by atoms with E-state index in [9.17, 15) is 4.39 Å². The highest BCUT2D eigenvalue weighted by atomic mass is 79.9. The van der Waals surface area contributed by atoms with Crippen molar-refractivity contribution < 1.29 is 9.13 Å². The van der Waals surface area contributed by atoms with Gasteiger partial charge in [0.05, 0.1) is 5.69 Å². The lowest BCUT2D eigenvalue weighted by atomic mass is 10.3. The maximum atomic E-state index is 12.8.